The Morgan fingerprint density at radius 1 is 0.800 bits per heavy atom. The number of furan rings is 1. The first-order valence-electron chi connectivity index (χ1n) is 10.9. The van der Waals surface area contributed by atoms with E-state index in [2.05, 4.69) is 27.8 Å². The normalized spacial score (nSPS) is 10.4. The van der Waals surface area contributed by atoms with E-state index in [-0.39, 0.29) is 30.0 Å². The van der Waals surface area contributed by atoms with E-state index in [1.165, 1.54) is 0 Å². The highest BCUT2D eigenvalue weighted by Crippen LogP contribution is 2.20. The Kier molecular flexibility index (Phi) is 7.22. The molecule has 0 atom stereocenters. The maximum Gasteiger partial charge on any atom is 0.319 e. The van der Waals surface area contributed by atoms with Crippen LogP contribution >= 0.6 is 0 Å². The van der Waals surface area contributed by atoms with Crippen LogP contribution in [0.25, 0.3) is 11.0 Å². The maximum atomic E-state index is 12.5. The maximum absolute atomic E-state index is 12.5. The average molecular weight is 469 g/mol. The molecule has 1 aromatic heterocycles. The van der Waals surface area contributed by atoms with E-state index < -0.39 is 0 Å². The summed E-state index contributed by atoms with van der Waals surface area (Å²) >= 11 is 0. The number of hydrogen-bond donors (Lipinski definition) is 4. The van der Waals surface area contributed by atoms with Crippen molar-refractivity contribution in [2.75, 3.05) is 22.5 Å². The SMILES string of the molecule is C=CCNC(=O)Nc1ccc(NC(=O)Cc2ccc(NC(=O)c3cc4ccccc4o3)cc2)cc1. The lowest BCUT2D eigenvalue weighted by Crippen LogP contribution is -2.28. The second-order valence-electron chi connectivity index (χ2n) is 7.73. The zero-order valence-electron chi connectivity index (χ0n) is 18.8. The van der Waals surface area contributed by atoms with Crippen LogP contribution in [0, 0.1) is 0 Å². The molecule has 4 N–H and O–H groups in total. The van der Waals surface area contributed by atoms with Crippen LogP contribution in [-0.4, -0.2) is 24.4 Å². The minimum atomic E-state index is -0.345. The van der Waals surface area contributed by atoms with Gasteiger partial charge in [0.25, 0.3) is 5.91 Å². The molecule has 0 saturated carbocycles. The summed E-state index contributed by atoms with van der Waals surface area (Å²) in [5, 5.41) is 11.8. The van der Waals surface area contributed by atoms with Crippen molar-refractivity contribution in [2.24, 2.45) is 0 Å². The van der Waals surface area contributed by atoms with Crippen molar-refractivity contribution in [1.29, 1.82) is 0 Å². The molecule has 4 amide bonds. The van der Waals surface area contributed by atoms with E-state index in [1.54, 1.807) is 66.7 Å². The third kappa shape index (κ3) is 6.35. The molecule has 8 heteroatoms. The van der Waals surface area contributed by atoms with Gasteiger partial charge in [0, 0.05) is 29.0 Å². The molecule has 0 saturated heterocycles. The average Bonchev–Trinajstić information content (AvgIpc) is 3.30. The smallest absolute Gasteiger partial charge is 0.319 e. The highest BCUT2D eigenvalue weighted by Gasteiger charge is 2.12. The number of carbonyl (C=O) groups is 3. The molecule has 4 rings (SSSR count). The molecule has 0 aliphatic rings. The van der Waals surface area contributed by atoms with Crippen LogP contribution in [0.5, 0.6) is 0 Å². The van der Waals surface area contributed by atoms with Crippen molar-refractivity contribution >= 4 is 45.9 Å². The largest absolute Gasteiger partial charge is 0.451 e. The van der Waals surface area contributed by atoms with Crippen molar-refractivity contribution in [2.45, 2.75) is 6.42 Å². The van der Waals surface area contributed by atoms with Crippen molar-refractivity contribution < 1.29 is 18.8 Å². The Hall–Kier alpha value is -4.85. The van der Waals surface area contributed by atoms with Gasteiger partial charge in [0.15, 0.2) is 5.76 Å². The monoisotopic (exact) mass is 468 g/mol. The van der Waals surface area contributed by atoms with Gasteiger partial charge in [-0.15, -0.1) is 6.58 Å². The molecule has 8 nitrogen and oxygen atoms in total. The Balaban J connectivity index is 1.28. The van der Waals surface area contributed by atoms with E-state index in [0.717, 1.165) is 10.9 Å². The van der Waals surface area contributed by atoms with Crippen molar-refractivity contribution in [3.63, 3.8) is 0 Å². The number of urea groups is 1. The highest BCUT2D eigenvalue weighted by molar-refractivity contribution is 6.04. The molecule has 35 heavy (non-hydrogen) atoms. The van der Waals surface area contributed by atoms with Crippen molar-refractivity contribution in [1.82, 2.24) is 5.32 Å². The first-order valence-corrected chi connectivity index (χ1v) is 10.9. The van der Waals surface area contributed by atoms with E-state index >= 15 is 0 Å². The van der Waals surface area contributed by atoms with Crippen molar-refractivity contribution in [3.05, 3.63) is 103 Å². The fourth-order valence-corrected chi connectivity index (χ4v) is 3.36. The molecule has 0 radical (unpaired) electrons. The van der Waals surface area contributed by atoms with Gasteiger partial charge in [0.1, 0.15) is 5.58 Å². The lowest BCUT2D eigenvalue weighted by Gasteiger charge is -2.09. The van der Waals surface area contributed by atoms with E-state index in [1.807, 2.05) is 18.2 Å². The first-order chi connectivity index (χ1) is 17.0. The molecule has 4 aromatic rings. The Morgan fingerprint density at radius 2 is 1.43 bits per heavy atom. The minimum absolute atomic E-state index is 0.168. The number of nitrogens with one attached hydrogen (secondary N) is 4. The zero-order chi connectivity index (χ0) is 24.6. The Bertz CT molecular complexity index is 1330. The molecule has 3 aromatic carbocycles. The van der Waals surface area contributed by atoms with Gasteiger partial charge in [-0.05, 0) is 54.1 Å². The van der Waals surface area contributed by atoms with Gasteiger partial charge in [0.2, 0.25) is 5.91 Å². The fraction of sp³-hybridized carbons (Fsp3) is 0.0741. The topological polar surface area (TPSA) is 112 Å². The van der Waals surface area contributed by atoms with Gasteiger partial charge in [-0.3, -0.25) is 9.59 Å². The predicted molar refractivity (Wildman–Crippen MR) is 137 cm³/mol. The van der Waals surface area contributed by atoms with Crippen LogP contribution < -0.4 is 21.3 Å². The summed E-state index contributed by atoms with van der Waals surface area (Å²) in [6.07, 6.45) is 1.76. The summed E-state index contributed by atoms with van der Waals surface area (Å²) < 4.78 is 5.58. The number of amides is 4. The molecule has 0 aliphatic heterocycles. The fourth-order valence-electron chi connectivity index (χ4n) is 3.36. The third-order valence-electron chi connectivity index (χ3n) is 5.06. The molecular weight excluding hydrogens is 444 g/mol. The Labute approximate surface area is 202 Å². The molecule has 0 bridgehead atoms. The van der Waals surface area contributed by atoms with E-state index in [4.69, 9.17) is 4.42 Å². The summed E-state index contributed by atoms with van der Waals surface area (Å²) in [4.78, 5) is 36.6. The number of rotatable bonds is 8. The first kappa shape index (κ1) is 23.3. The van der Waals surface area contributed by atoms with Gasteiger partial charge in [-0.1, -0.05) is 36.4 Å². The number of benzene rings is 3. The number of carbonyl (C=O) groups excluding carboxylic acids is 3. The van der Waals surface area contributed by atoms with Crippen molar-refractivity contribution in [3.8, 4) is 0 Å². The summed E-state index contributed by atoms with van der Waals surface area (Å²) in [6, 6.07) is 22.6. The van der Waals surface area contributed by atoms with Crippen LogP contribution in [-0.2, 0) is 11.2 Å². The molecule has 0 unspecified atom stereocenters. The lowest BCUT2D eigenvalue weighted by molar-refractivity contribution is -0.115. The van der Waals surface area contributed by atoms with Crippen LogP contribution in [0.4, 0.5) is 21.9 Å². The van der Waals surface area contributed by atoms with Gasteiger partial charge < -0.3 is 25.7 Å². The second kappa shape index (κ2) is 10.8. The van der Waals surface area contributed by atoms with Crippen LogP contribution in [0.2, 0.25) is 0 Å². The number of para-hydroxylation sites is 1. The molecule has 0 aliphatic carbocycles. The van der Waals surface area contributed by atoms with E-state index in [0.29, 0.717) is 29.2 Å². The summed E-state index contributed by atoms with van der Waals surface area (Å²) in [7, 11) is 0. The summed E-state index contributed by atoms with van der Waals surface area (Å²) in [6.45, 7) is 3.91. The Morgan fingerprint density at radius 3 is 2.11 bits per heavy atom. The van der Waals surface area contributed by atoms with Gasteiger partial charge in [-0.25, -0.2) is 4.79 Å². The molecule has 176 valence electrons. The zero-order valence-corrected chi connectivity index (χ0v) is 18.8. The molecule has 0 fully saturated rings. The predicted octanol–water partition coefficient (Wildman–Crippen LogP) is 5.17. The third-order valence-corrected chi connectivity index (χ3v) is 5.06. The van der Waals surface area contributed by atoms with Gasteiger partial charge in [0.05, 0.1) is 6.42 Å². The molecule has 0 spiro atoms. The lowest BCUT2D eigenvalue weighted by atomic mass is 10.1. The molecule has 1 heterocycles. The van der Waals surface area contributed by atoms with Crippen LogP contribution in [0.3, 0.4) is 0 Å². The molecular formula is C27H24N4O4. The van der Waals surface area contributed by atoms with Gasteiger partial charge in [-0.2, -0.15) is 0 Å². The quantitative estimate of drug-likeness (QED) is 0.267. The van der Waals surface area contributed by atoms with Crippen LogP contribution in [0.15, 0.2) is 95.9 Å². The minimum Gasteiger partial charge on any atom is -0.451 e. The number of fused-ring (bicyclic) bond motifs is 1. The van der Waals surface area contributed by atoms with E-state index in [9.17, 15) is 14.4 Å². The standard InChI is InChI=1S/C27H24N4O4/c1-2-15-28-27(34)31-22-13-11-20(12-14-22)29-25(32)16-18-7-9-21(10-8-18)30-26(33)24-17-19-5-3-4-6-23(19)35-24/h2-14,17H,1,15-16H2,(H,29,32)(H,30,33)(H2,28,31,34). The second-order valence-corrected chi connectivity index (χ2v) is 7.73. The van der Waals surface area contributed by atoms with Gasteiger partial charge >= 0.3 is 6.03 Å². The number of anilines is 3. The number of hydrogen-bond acceptors (Lipinski definition) is 4. The summed E-state index contributed by atoms with van der Waals surface area (Å²) in [5.74, 6) is -0.301. The highest BCUT2D eigenvalue weighted by atomic mass is 16.3. The van der Waals surface area contributed by atoms with Crippen LogP contribution in [0.1, 0.15) is 16.1 Å². The summed E-state index contributed by atoms with van der Waals surface area (Å²) in [5.41, 5.74) is 3.26.